The molecule has 0 aliphatic rings. The van der Waals surface area contributed by atoms with E-state index in [9.17, 15) is 5.11 Å². The summed E-state index contributed by atoms with van der Waals surface area (Å²) in [6, 6.07) is 18.9. The third-order valence-corrected chi connectivity index (χ3v) is 2.14. The molecule has 2 aromatic carbocycles. The standard InChI is InChI=1S/C9H13N.C6H6O/c1-10(2)8-9-6-4-3-5-7-9;7-6-4-2-1-3-5-6/h3-7H,8H2,1-2H3;1-5,7H. The van der Waals surface area contributed by atoms with Crippen LogP contribution < -0.4 is 10.0 Å². The van der Waals surface area contributed by atoms with Gasteiger partial charge in [-0.05, 0) is 0 Å². The molecule has 2 heteroatoms. The van der Waals surface area contributed by atoms with Gasteiger partial charge in [0.05, 0.1) is 14.1 Å². The molecule has 0 atom stereocenters. The summed E-state index contributed by atoms with van der Waals surface area (Å²) in [6.45, 7) is 1.11. The molecular weight excluding hydrogens is 210 g/mol. The van der Waals surface area contributed by atoms with Crippen LogP contribution in [0.25, 0.3) is 0 Å². The molecule has 0 unspecified atom stereocenters. The van der Waals surface area contributed by atoms with Crippen molar-refractivity contribution in [1.82, 2.24) is 0 Å². The second-order valence-corrected chi connectivity index (χ2v) is 4.18. The minimum atomic E-state index is 0.0718. The highest BCUT2D eigenvalue weighted by Crippen LogP contribution is 1.98. The summed E-state index contributed by atoms with van der Waals surface area (Å²) in [5.74, 6) is 0.0718. The summed E-state index contributed by atoms with van der Waals surface area (Å²) in [5.41, 5.74) is 1.41. The highest BCUT2D eigenvalue weighted by molar-refractivity contribution is 5.17. The van der Waals surface area contributed by atoms with E-state index in [1.165, 1.54) is 22.6 Å². The molecule has 17 heavy (non-hydrogen) atoms. The molecule has 0 heterocycles. The van der Waals surface area contributed by atoms with Crippen LogP contribution in [0.15, 0.2) is 60.7 Å². The summed E-state index contributed by atoms with van der Waals surface area (Å²) < 4.78 is 0. The molecule has 0 bridgehead atoms. The van der Waals surface area contributed by atoms with Crippen LogP contribution in [0.3, 0.4) is 0 Å². The summed E-state index contributed by atoms with van der Waals surface area (Å²) in [5, 5.41) is 10.3. The molecule has 0 radical (unpaired) electrons. The Morgan fingerprint density at radius 1 is 0.824 bits per heavy atom. The van der Waals surface area contributed by atoms with Gasteiger partial charge in [-0.1, -0.05) is 60.7 Å². The smallest absolute Gasteiger partial charge is 0.102 e. The third-order valence-electron chi connectivity index (χ3n) is 2.14. The van der Waals surface area contributed by atoms with Gasteiger partial charge in [-0.25, -0.2) is 0 Å². The van der Waals surface area contributed by atoms with Crippen LogP contribution >= 0.6 is 0 Å². The third kappa shape index (κ3) is 6.38. The first kappa shape index (κ1) is 13.3. The predicted octanol–water partition coefficient (Wildman–Crippen LogP) is 1.09. The van der Waals surface area contributed by atoms with E-state index in [-0.39, 0.29) is 5.75 Å². The molecule has 90 valence electrons. The van der Waals surface area contributed by atoms with E-state index in [0.29, 0.717) is 0 Å². The van der Waals surface area contributed by atoms with Crippen LogP contribution in [-0.2, 0) is 6.54 Å². The lowest BCUT2D eigenvalue weighted by Crippen LogP contribution is -3.04. The number of rotatable bonds is 2. The van der Waals surface area contributed by atoms with Crippen LogP contribution in [0, 0.1) is 0 Å². The van der Waals surface area contributed by atoms with Crippen LogP contribution in [0.4, 0.5) is 0 Å². The van der Waals surface area contributed by atoms with Crippen molar-refractivity contribution in [2.24, 2.45) is 0 Å². The first-order chi connectivity index (χ1) is 8.18. The average Bonchev–Trinajstić information content (AvgIpc) is 2.31. The Morgan fingerprint density at radius 2 is 1.29 bits per heavy atom. The molecule has 2 rings (SSSR count). The molecule has 0 spiro atoms. The van der Waals surface area contributed by atoms with Gasteiger partial charge >= 0.3 is 0 Å². The maximum Gasteiger partial charge on any atom is 0.102 e. The Balaban J connectivity index is 0.000000181. The molecule has 1 N–H and O–H groups in total. The van der Waals surface area contributed by atoms with E-state index >= 15 is 0 Å². The summed E-state index contributed by atoms with van der Waals surface area (Å²) in [4.78, 5) is 1.46. The van der Waals surface area contributed by atoms with E-state index in [1.54, 1.807) is 12.1 Å². The Labute approximate surface area is 103 Å². The van der Waals surface area contributed by atoms with E-state index in [2.05, 4.69) is 44.4 Å². The molecule has 0 saturated heterocycles. The zero-order chi connectivity index (χ0) is 12.5. The van der Waals surface area contributed by atoms with Crippen molar-refractivity contribution >= 4 is 0 Å². The van der Waals surface area contributed by atoms with Gasteiger partial charge in [-0.2, -0.15) is 0 Å². The lowest BCUT2D eigenvalue weighted by molar-refractivity contribution is -0.872. The second-order valence-electron chi connectivity index (χ2n) is 4.18. The van der Waals surface area contributed by atoms with Gasteiger partial charge in [0.2, 0.25) is 0 Å². The van der Waals surface area contributed by atoms with Crippen molar-refractivity contribution in [3.63, 3.8) is 0 Å². The molecule has 0 fully saturated rings. The molecule has 0 aliphatic heterocycles. The number of hydrogen-bond acceptors (Lipinski definition) is 1. The van der Waals surface area contributed by atoms with Crippen molar-refractivity contribution in [2.45, 2.75) is 6.54 Å². The van der Waals surface area contributed by atoms with Crippen LogP contribution in [0.5, 0.6) is 5.75 Å². The van der Waals surface area contributed by atoms with Crippen LogP contribution in [-0.4, -0.2) is 14.1 Å². The zero-order valence-electron chi connectivity index (χ0n) is 10.4. The maximum absolute atomic E-state index is 10.3. The van der Waals surface area contributed by atoms with Gasteiger partial charge in [0.15, 0.2) is 0 Å². The highest BCUT2D eigenvalue weighted by atomic mass is 16.3. The number of nitrogens with one attached hydrogen (secondary N) is 1. The Kier molecular flexibility index (Phi) is 5.83. The second kappa shape index (κ2) is 7.47. The van der Waals surface area contributed by atoms with Gasteiger partial charge < -0.3 is 10.0 Å². The summed E-state index contributed by atoms with van der Waals surface area (Å²) in [6.07, 6.45) is 0. The Bertz CT molecular complexity index is 398. The van der Waals surface area contributed by atoms with Gasteiger partial charge in [-0.15, -0.1) is 5.75 Å². The first-order valence-corrected chi connectivity index (χ1v) is 5.73. The first-order valence-electron chi connectivity index (χ1n) is 5.73. The van der Waals surface area contributed by atoms with Gasteiger partial charge in [0, 0.05) is 5.56 Å². The molecule has 0 amide bonds. The van der Waals surface area contributed by atoms with E-state index in [0.717, 1.165) is 6.54 Å². The minimum absolute atomic E-state index is 0.0718. The van der Waals surface area contributed by atoms with E-state index in [4.69, 9.17) is 0 Å². The van der Waals surface area contributed by atoms with Gasteiger partial charge in [0.1, 0.15) is 6.54 Å². The topological polar surface area (TPSA) is 27.5 Å². The summed E-state index contributed by atoms with van der Waals surface area (Å²) >= 11 is 0. The van der Waals surface area contributed by atoms with Gasteiger partial charge in [-0.3, -0.25) is 0 Å². The largest absolute Gasteiger partial charge is 0.872 e. The average molecular weight is 229 g/mol. The molecule has 2 aromatic rings. The number of para-hydroxylation sites is 1. The van der Waals surface area contributed by atoms with Crippen molar-refractivity contribution in [3.05, 3.63) is 66.2 Å². The monoisotopic (exact) mass is 229 g/mol. The maximum atomic E-state index is 10.3. The molecule has 2 nitrogen and oxygen atoms in total. The SMILES string of the molecule is C[NH+](C)Cc1ccccc1.[O-]c1ccccc1. The predicted molar refractivity (Wildman–Crippen MR) is 68.8 cm³/mol. The lowest BCUT2D eigenvalue weighted by atomic mass is 10.2. The lowest BCUT2D eigenvalue weighted by Gasteiger charge is -2.05. The van der Waals surface area contributed by atoms with E-state index in [1.807, 2.05) is 6.07 Å². The van der Waals surface area contributed by atoms with E-state index < -0.39 is 0 Å². The minimum Gasteiger partial charge on any atom is -0.872 e. The fourth-order valence-electron chi connectivity index (χ4n) is 1.42. The molecule has 0 aromatic heterocycles. The van der Waals surface area contributed by atoms with Crippen LogP contribution in [0.1, 0.15) is 5.56 Å². The fourth-order valence-corrected chi connectivity index (χ4v) is 1.42. The molecular formula is C15H19NO. The Morgan fingerprint density at radius 3 is 1.65 bits per heavy atom. The number of benzene rings is 2. The quantitative estimate of drug-likeness (QED) is 0.820. The summed E-state index contributed by atoms with van der Waals surface area (Å²) in [7, 11) is 4.32. The molecule has 0 aliphatic carbocycles. The Hall–Kier alpha value is -1.80. The van der Waals surface area contributed by atoms with Crippen molar-refractivity contribution in [3.8, 4) is 5.75 Å². The van der Waals surface area contributed by atoms with Crippen molar-refractivity contribution in [1.29, 1.82) is 0 Å². The fraction of sp³-hybridized carbons (Fsp3) is 0.200. The highest BCUT2D eigenvalue weighted by Gasteiger charge is 1.93. The number of quaternary nitrogens is 1. The molecule has 0 saturated carbocycles. The van der Waals surface area contributed by atoms with Crippen LogP contribution in [0.2, 0.25) is 0 Å². The normalized spacial score (nSPS) is 9.59. The van der Waals surface area contributed by atoms with Crippen molar-refractivity contribution < 1.29 is 10.0 Å². The van der Waals surface area contributed by atoms with Gasteiger partial charge in [0.25, 0.3) is 0 Å². The zero-order valence-corrected chi connectivity index (χ0v) is 10.4. The number of hydrogen-bond donors (Lipinski definition) is 1. The van der Waals surface area contributed by atoms with Crippen molar-refractivity contribution in [2.75, 3.05) is 14.1 Å².